The molecule has 0 aromatic heterocycles. The highest BCUT2D eigenvalue weighted by atomic mass is 16.3. The van der Waals surface area contributed by atoms with Crippen LogP contribution in [0.4, 0.5) is 0 Å². The molecule has 0 bridgehead atoms. The summed E-state index contributed by atoms with van der Waals surface area (Å²) in [7, 11) is 4.13. The molecule has 1 saturated carbocycles. The van der Waals surface area contributed by atoms with Gasteiger partial charge in [-0.1, -0.05) is 61.7 Å². The Morgan fingerprint density at radius 3 is 2.20 bits per heavy atom. The normalized spacial score (nSPS) is 29.8. The molecule has 1 aliphatic heterocycles. The molecule has 2 N–H and O–H groups in total. The molecule has 2 aromatic rings. The van der Waals surface area contributed by atoms with Gasteiger partial charge in [-0.2, -0.15) is 0 Å². The molecule has 162 valence electrons. The fourth-order valence-corrected chi connectivity index (χ4v) is 6.39. The molecule has 1 aliphatic carbocycles. The third-order valence-corrected chi connectivity index (χ3v) is 7.62. The van der Waals surface area contributed by atoms with Crippen molar-refractivity contribution in [3.05, 3.63) is 65.7 Å². The molecule has 2 aliphatic rings. The van der Waals surface area contributed by atoms with Crippen LogP contribution in [0.1, 0.15) is 56.6 Å². The summed E-state index contributed by atoms with van der Waals surface area (Å²) in [6.45, 7) is 3.11. The van der Waals surface area contributed by atoms with Crippen LogP contribution in [0.2, 0.25) is 0 Å². The summed E-state index contributed by atoms with van der Waals surface area (Å²) in [5, 5.41) is 22.0. The van der Waals surface area contributed by atoms with Crippen molar-refractivity contribution in [1.29, 1.82) is 0 Å². The van der Waals surface area contributed by atoms with E-state index in [-0.39, 0.29) is 23.4 Å². The van der Waals surface area contributed by atoms with Crippen LogP contribution in [0.3, 0.4) is 0 Å². The number of nitrogens with zero attached hydrogens (tertiary/aromatic N) is 2. The second kappa shape index (κ2) is 8.33. The minimum Gasteiger partial charge on any atom is -0.508 e. The van der Waals surface area contributed by atoms with Gasteiger partial charge in [0.2, 0.25) is 0 Å². The van der Waals surface area contributed by atoms with Crippen LogP contribution in [0.15, 0.2) is 54.6 Å². The fraction of sp³-hybridized carbons (Fsp3) is 0.538. The predicted octanol–water partition coefficient (Wildman–Crippen LogP) is 4.46. The molecule has 3 atom stereocenters. The van der Waals surface area contributed by atoms with E-state index in [1.165, 1.54) is 37.7 Å². The molecule has 0 radical (unpaired) electrons. The first-order chi connectivity index (χ1) is 14.4. The van der Waals surface area contributed by atoms with Crippen molar-refractivity contribution in [2.75, 3.05) is 20.6 Å². The molecule has 4 rings (SSSR count). The Labute approximate surface area is 181 Å². The molecular formula is C26H36N2O2. The molecule has 0 spiro atoms. The molecule has 1 heterocycles. The third-order valence-electron chi connectivity index (χ3n) is 7.62. The topological polar surface area (TPSA) is 46.9 Å². The van der Waals surface area contributed by atoms with E-state index in [0.717, 1.165) is 12.1 Å². The van der Waals surface area contributed by atoms with Crippen molar-refractivity contribution in [1.82, 2.24) is 9.80 Å². The number of hydrogen-bond acceptors (Lipinski definition) is 4. The van der Waals surface area contributed by atoms with Gasteiger partial charge in [-0.05, 0) is 63.5 Å². The van der Waals surface area contributed by atoms with E-state index in [4.69, 9.17) is 0 Å². The maximum absolute atomic E-state index is 12.0. The first kappa shape index (κ1) is 21.4. The van der Waals surface area contributed by atoms with Crippen molar-refractivity contribution in [3.8, 4) is 5.75 Å². The van der Waals surface area contributed by atoms with Crippen molar-refractivity contribution in [2.45, 2.75) is 68.7 Å². The van der Waals surface area contributed by atoms with Gasteiger partial charge in [0.15, 0.2) is 0 Å². The summed E-state index contributed by atoms with van der Waals surface area (Å²) in [5.41, 5.74) is 1.26. The first-order valence-corrected chi connectivity index (χ1v) is 11.4. The second-order valence-corrected chi connectivity index (χ2v) is 9.53. The van der Waals surface area contributed by atoms with Gasteiger partial charge in [0.25, 0.3) is 0 Å². The van der Waals surface area contributed by atoms with Crippen LogP contribution in [0, 0.1) is 0 Å². The monoisotopic (exact) mass is 408 g/mol. The zero-order valence-corrected chi connectivity index (χ0v) is 18.6. The Morgan fingerprint density at radius 2 is 1.57 bits per heavy atom. The van der Waals surface area contributed by atoms with Crippen LogP contribution >= 0.6 is 0 Å². The number of phenolic OH excluding ortho intramolecular Hbond substituents is 1. The highest BCUT2D eigenvalue weighted by Gasteiger charge is 2.53. The molecule has 1 saturated heterocycles. The van der Waals surface area contributed by atoms with Gasteiger partial charge in [-0.3, -0.25) is 4.90 Å². The van der Waals surface area contributed by atoms with E-state index >= 15 is 0 Å². The number of aromatic hydroxyl groups is 1. The van der Waals surface area contributed by atoms with E-state index < -0.39 is 5.60 Å². The van der Waals surface area contributed by atoms with Crippen molar-refractivity contribution in [3.63, 3.8) is 0 Å². The molecule has 4 heteroatoms. The number of hydrogen-bond donors (Lipinski definition) is 2. The number of likely N-dealkylation sites (N-methyl/N-ethyl adjacent to an activating group) is 1. The number of phenols is 1. The first-order valence-electron chi connectivity index (χ1n) is 11.4. The lowest BCUT2D eigenvalue weighted by molar-refractivity contribution is -0.143. The highest BCUT2D eigenvalue weighted by Crippen LogP contribution is 2.49. The fourth-order valence-electron chi connectivity index (χ4n) is 6.39. The average Bonchev–Trinajstić information content (AvgIpc) is 2.75. The van der Waals surface area contributed by atoms with Crippen LogP contribution in [0.25, 0.3) is 0 Å². The minimum atomic E-state index is -0.995. The summed E-state index contributed by atoms with van der Waals surface area (Å²) in [4.78, 5) is 4.85. The lowest BCUT2D eigenvalue weighted by atomic mass is 9.69. The average molecular weight is 409 g/mol. The van der Waals surface area contributed by atoms with Gasteiger partial charge in [0.05, 0.1) is 6.04 Å². The van der Waals surface area contributed by atoms with Gasteiger partial charge in [-0.15, -0.1) is 0 Å². The van der Waals surface area contributed by atoms with Gasteiger partial charge in [-0.25, -0.2) is 0 Å². The van der Waals surface area contributed by atoms with Crippen molar-refractivity contribution in [2.24, 2.45) is 0 Å². The quantitative estimate of drug-likeness (QED) is 0.784. The van der Waals surface area contributed by atoms with Crippen LogP contribution < -0.4 is 0 Å². The second-order valence-electron chi connectivity index (χ2n) is 9.53. The molecular weight excluding hydrogens is 372 g/mol. The SMILES string of the molecule is CC1C(N(C)C)C(O)(c2cccc(O)c2)CCN1C1(c2ccccc2)CCCCC1. The third kappa shape index (κ3) is 3.55. The highest BCUT2D eigenvalue weighted by molar-refractivity contribution is 5.34. The van der Waals surface area contributed by atoms with Gasteiger partial charge in [0.1, 0.15) is 11.4 Å². The summed E-state index contributed by atoms with van der Waals surface area (Å²) >= 11 is 0. The van der Waals surface area contributed by atoms with E-state index in [0.29, 0.717) is 6.42 Å². The standard InChI is InChI=1S/C26H36N2O2/c1-20-24(27(2)3)26(30,22-13-10-14-23(29)19-22)17-18-28(20)25(15-8-5-9-16-25)21-11-6-4-7-12-21/h4,6-7,10-14,19-20,24,29-30H,5,8-9,15-18H2,1-3H3. The Hall–Kier alpha value is -1.88. The van der Waals surface area contributed by atoms with E-state index in [1.807, 2.05) is 12.1 Å². The summed E-state index contributed by atoms with van der Waals surface area (Å²) in [6.07, 6.45) is 6.81. The lowest BCUT2D eigenvalue weighted by Gasteiger charge is -2.58. The van der Waals surface area contributed by atoms with Gasteiger partial charge >= 0.3 is 0 Å². The van der Waals surface area contributed by atoms with Crippen LogP contribution in [-0.2, 0) is 11.1 Å². The summed E-state index contributed by atoms with van der Waals surface area (Å²) in [5.74, 6) is 0.210. The van der Waals surface area contributed by atoms with Crippen molar-refractivity contribution < 1.29 is 10.2 Å². The largest absolute Gasteiger partial charge is 0.508 e. The van der Waals surface area contributed by atoms with Crippen LogP contribution in [-0.4, -0.2) is 52.7 Å². The smallest absolute Gasteiger partial charge is 0.115 e. The minimum absolute atomic E-state index is 0.0351. The summed E-state index contributed by atoms with van der Waals surface area (Å²) in [6, 6.07) is 18.3. The predicted molar refractivity (Wildman–Crippen MR) is 121 cm³/mol. The number of benzene rings is 2. The summed E-state index contributed by atoms with van der Waals surface area (Å²) < 4.78 is 0. The number of rotatable bonds is 4. The maximum Gasteiger partial charge on any atom is 0.115 e. The van der Waals surface area contributed by atoms with Crippen LogP contribution in [0.5, 0.6) is 5.75 Å². The molecule has 30 heavy (non-hydrogen) atoms. The van der Waals surface area contributed by atoms with E-state index in [1.54, 1.807) is 12.1 Å². The maximum atomic E-state index is 12.0. The molecule has 4 nitrogen and oxygen atoms in total. The Bertz CT molecular complexity index is 847. The Kier molecular flexibility index (Phi) is 5.93. The zero-order valence-electron chi connectivity index (χ0n) is 18.6. The molecule has 2 fully saturated rings. The zero-order chi connectivity index (χ0) is 21.4. The molecule has 2 aromatic carbocycles. The number of aliphatic hydroxyl groups is 1. The van der Waals surface area contributed by atoms with Gasteiger partial charge in [0, 0.05) is 18.1 Å². The van der Waals surface area contributed by atoms with Crippen molar-refractivity contribution >= 4 is 0 Å². The lowest BCUT2D eigenvalue weighted by Crippen LogP contribution is -2.67. The Balaban J connectivity index is 1.75. The Morgan fingerprint density at radius 1 is 0.900 bits per heavy atom. The number of piperidine rings is 1. The van der Waals surface area contributed by atoms with E-state index in [9.17, 15) is 10.2 Å². The molecule has 0 amide bonds. The number of likely N-dealkylation sites (tertiary alicyclic amines) is 1. The van der Waals surface area contributed by atoms with Gasteiger partial charge < -0.3 is 15.1 Å². The molecule has 3 unspecified atom stereocenters. The van der Waals surface area contributed by atoms with E-state index in [2.05, 4.69) is 61.2 Å².